The van der Waals surface area contributed by atoms with Gasteiger partial charge >= 0.3 is 0 Å². The zero-order valence-corrected chi connectivity index (χ0v) is 17.7. The average Bonchev–Trinajstić information content (AvgIpc) is 3.10. The number of aryl methyl sites for hydroxylation is 2. The molecule has 0 aliphatic carbocycles. The van der Waals surface area contributed by atoms with E-state index in [9.17, 15) is 13.2 Å². The van der Waals surface area contributed by atoms with Crippen molar-refractivity contribution in [2.45, 2.75) is 38.0 Å². The Bertz CT molecular complexity index is 776. The van der Waals surface area contributed by atoms with Gasteiger partial charge < -0.3 is 10.6 Å². The Morgan fingerprint density at radius 2 is 1.81 bits per heavy atom. The highest BCUT2D eigenvalue weighted by atomic mass is 35.5. The SMILES string of the molecule is Cc1ccc(S(=O)(=O)N2CCC(C(=O)N3CCC(CN)C3)CC2)c(C)c1.Cl. The first-order valence-corrected chi connectivity index (χ1v) is 10.8. The van der Waals surface area contributed by atoms with Crippen molar-refractivity contribution >= 4 is 28.3 Å². The van der Waals surface area contributed by atoms with E-state index in [2.05, 4.69) is 0 Å². The number of benzene rings is 1. The Balaban J connectivity index is 0.00000261. The molecule has 152 valence electrons. The van der Waals surface area contributed by atoms with E-state index in [0.29, 0.717) is 43.3 Å². The highest BCUT2D eigenvalue weighted by Gasteiger charge is 2.36. The second kappa shape index (κ2) is 8.90. The second-order valence-electron chi connectivity index (χ2n) is 7.62. The number of hydrogen-bond donors (Lipinski definition) is 1. The van der Waals surface area contributed by atoms with E-state index in [1.54, 1.807) is 6.07 Å². The van der Waals surface area contributed by atoms with Gasteiger partial charge in [0.25, 0.3) is 0 Å². The van der Waals surface area contributed by atoms with E-state index in [-0.39, 0.29) is 24.2 Å². The van der Waals surface area contributed by atoms with Crippen molar-refractivity contribution in [3.8, 4) is 0 Å². The number of sulfonamides is 1. The molecule has 2 fully saturated rings. The van der Waals surface area contributed by atoms with Crippen molar-refractivity contribution < 1.29 is 13.2 Å². The first-order chi connectivity index (χ1) is 12.3. The third kappa shape index (κ3) is 4.65. The molecule has 2 aliphatic heterocycles. The Labute approximate surface area is 168 Å². The number of hydrogen-bond acceptors (Lipinski definition) is 4. The van der Waals surface area contributed by atoms with Crippen LogP contribution in [0.1, 0.15) is 30.4 Å². The number of piperidine rings is 1. The summed E-state index contributed by atoms with van der Waals surface area (Å²) < 4.78 is 27.4. The molecule has 2 N–H and O–H groups in total. The van der Waals surface area contributed by atoms with Crippen LogP contribution in [0.15, 0.2) is 23.1 Å². The summed E-state index contributed by atoms with van der Waals surface area (Å²) in [7, 11) is -3.50. The zero-order valence-electron chi connectivity index (χ0n) is 16.1. The molecule has 1 aromatic carbocycles. The van der Waals surface area contributed by atoms with Crippen molar-refractivity contribution in [3.05, 3.63) is 29.3 Å². The molecule has 2 aliphatic rings. The second-order valence-corrected chi connectivity index (χ2v) is 9.53. The minimum absolute atomic E-state index is 0. The van der Waals surface area contributed by atoms with Crippen LogP contribution in [0.25, 0.3) is 0 Å². The normalized spacial score (nSPS) is 21.9. The number of halogens is 1. The smallest absolute Gasteiger partial charge is 0.243 e. The molecule has 0 spiro atoms. The van der Waals surface area contributed by atoms with E-state index in [4.69, 9.17) is 5.73 Å². The van der Waals surface area contributed by atoms with Crippen LogP contribution in [0.5, 0.6) is 0 Å². The van der Waals surface area contributed by atoms with Crippen molar-refractivity contribution in [1.29, 1.82) is 0 Å². The predicted octanol–water partition coefficient (Wildman–Crippen LogP) is 1.93. The molecule has 1 amide bonds. The molecule has 2 saturated heterocycles. The van der Waals surface area contributed by atoms with E-state index >= 15 is 0 Å². The molecule has 8 heteroatoms. The lowest BCUT2D eigenvalue weighted by Crippen LogP contribution is -2.44. The highest BCUT2D eigenvalue weighted by Crippen LogP contribution is 2.28. The Morgan fingerprint density at radius 1 is 1.15 bits per heavy atom. The fraction of sp³-hybridized carbons (Fsp3) is 0.632. The van der Waals surface area contributed by atoms with Gasteiger partial charge in [0.2, 0.25) is 15.9 Å². The lowest BCUT2D eigenvalue weighted by atomic mass is 9.96. The van der Waals surface area contributed by atoms with Crippen molar-refractivity contribution in [3.63, 3.8) is 0 Å². The van der Waals surface area contributed by atoms with Gasteiger partial charge in [0.1, 0.15) is 0 Å². The Hall–Kier alpha value is -1.15. The molecule has 0 aromatic heterocycles. The summed E-state index contributed by atoms with van der Waals surface area (Å²) in [6, 6.07) is 5.41. The lowest BCUT2D eigenvalue weighted by molar-refractivity contribution is -0.135. The van der Waals surface area contributed by atoms with Gasteiger partial charge in [-0.05, 0) is 57.2 Å². The van der Waals surface area contributed by atoms with Crippen LogP contribution in [-0.2, 0) is 14.8 Å². The minimum atomic E-state index is -3.50. The van der Waals surface area contributed by atoms with Gasteiger partial charge in [-0.3, -0.25) is 4.79 Å². The monoisotopic (exact) mass is 415 g/mol. The summed E-state index contributed by atoms with van der Waals surface area (Å²) in [5, 5.41) is 0. The number of nitrogens with zero attached hydrogens (tertiary/aromatic N) is 2. The summed E-state index contributed by atoms with van der Waals surface area (Å²) in [6.45, 7) is 6.74. The van der Waals surface area contributed by atoms with Crippen molar-refractivity contribution in [1.82, 2.24) is 9.21 Å². The molecule has 6 nitrogen and oxygen atoms in total. The maximum atomic E-state index is 13.0. The maximum Gasteiger partial charge on any atom is 0.243 e. The quantitative estimate of drug-likeness (QED) is 0.814. The number of carbonyl (C=O) groups excluding carboxylic acids is 1. The molecular weight excluding hydrogens is 386 g/mol. The summed E-state index contributed by atoms with van der Waals surface area (Å²) >= 11 is 0. The summed E-state index contributed by atoms with van der Waals surface area (Å²) in [6.07, 6.45) is 2.15. The summed E-state index contributed by atoms with van der Waals surface area (Å²) in [4.78, 5) is 15.0. The molecule has 3 rings (SSSR count). The third-order valence-corrected chi connectivity index (χ3v) is 7.74. The fourth-order valence-corrected chi connectivity index (χ4v) is 5.73. The first-order valence-electron chi connectivity index (χ1n) is 9.39. The number of carbonyl (C=O) groups is 1. The first kappa shape index (κ1) is 22.1. The molecule has 0 bridgehead atoms. The lowest BCUT2D eigenvalue weighted by Gasteiger charge is -2.32. The standard InChI is InChI=1S/C19H29N3O3S.ClH/c1-14-3-4-18(15(2)11-14)26(24,25)22-9-6-17(7-10-22)19(23)21-8-5-16(12-20)13-21;/h3-4,11,16-17H,5-10,12-13,20H2,1-2H3;1H. The van der Waals surface area contributed by atoms with Gasteiger partial charge in [-0.2, -0.15) is 4.31 Å². The largest absolute Gasteiger partial charge is 0.342 e. The Kier molecular flexibility index (Phi) is 7.30. The molecule has 2 heterocycles. The van der Waals surface area contributed by atoms with Gasteiger partial charge in [-0.15, -0.1) is 12.4 Å². The van der Waals surface area contributed by atoms with Gasteiger partial charge in [-0.25, -0.2) is 8.42 Å². The highest BCUT2D eigenvalue weighted by molar-refractivity contribution is 7.89. The Morgan fingerprint density at radius 3 is 2.37 bits per heavy atom. The fourth-order valence-electron chi connectivity index (χ4n) is 4.05. The van der Waals surface area contributed by atoms with Crippen LogP contribution in [0.2, 0.25) is 0 Å². The van der Waals surface area contributed by atoms with Gasteiger partial charge in [0, 0.05) is 32.1 Å². The topological polar surface area (TPSA) is 83.7 Å². The van der Waals surface area contributed by atoms with Crippen LogP contribution in [0, 0.1) is 25.7 Å². The average molecular weight is 416 g/mol. The third-order valence-electron chi connectivity index (χ3n) is 5.68. The van der Waals surface area contributed by atoms with Crippen molar-refractivity contribution in [2.75, 3.05) is 32.7 Å². The predicted molar refractivity (Wildman–Crippen MR) is 108 cm³/mol. The van der Waals surface area contributed by atoms with Gasteiger partial charge in [0.15, 0.2) is 0 Å². The maximum absolute atomic E-state index is 13.0. The molecular formula is C19H30ClN3O3S. The molecule has 1 unspecified atom stereocenters. The van der Waals surface area contributed by atoms with Crippen LogP contribution >= 0.6 is 12.4 Å². The summed E-state index contributed by atoms with van der Waals surface area (Å²) in [5.41, 5.74) is 7.53. The number of likely N-dealkylation sites (tertiary alicyclic amines) is 1. The van der Waals surface area contributed by atoms with E-state index in [1.165, 1.54) is 4.31 Å². The molecule has 1 aromatic rings. The van der Waals surface area contributed by atoms with Crippen LogP contribution in [0.3, 0.4) is 0 Å². The molecule has 0 radical (unpaired) electrons. The molecule has 1 atom stereocenters. The van der Waals surface area contributed by atoms with E-state index in [1.807, 2.05) is 30.9 Å². The molecule has 27 heavy (non-hydrogen) atoms. The minimum Gasteiger partial charge on any atom is -0.342 e. The van der Waals surface area contributed by atoms with E-state index < -0.39 is 10.0 Å². The number of nitrogens with two attached hydrogens (primary N) is 1. The summed E-state index contributed by atoms with van der Waals surface area (Å²) in [5.74, 6) is 0.505. The number of rotatable bonds is 4. The van der Waals surface area contributed by atoms with Crippen LogP contribution < -0.4 is 5.73 Å². The van der Waals surface area contributed by atoms with E-state index in [0.717, 1.165) is 30.6 Å². The van der Waals surface area contributed by atoms with Gasteiger partial charge in [-0.1, -0.05) is 17.7 Å². The van der Waals surface area contributed by atoms with Crippen molar-refractivity contribution in [2.24, 2.45) is 17.6 Å². The van der Waals surface area contributed by atoms with Gasteiger partial charge in [0.05, 0.1) is 4.90 Å². The van der Waals surface area contributed by atoms with Crippen LogP contribution in [0.4, 0.5) is 0 Å². The molecule has 0 saturated carbocycles. The zero-order chi connectivity index (χ0) is 18.9. The number of amides is 1. The van der Waals surface area contributed by atoms with Crippen LogP contribution in [-0.4, -0.2) is 56.3 Å².